The second-order valence-electron chi connectivity index (χ2n) is 9.86. The number of nitrogens with one attached hydrogen (secondary N) is 1. The zero-order chi connectivity index (χ0) is 23.9. The molecule has 5 rings (SSSR count). The molecule has 2 fully saturated rings. The van der Waals surface area contributed by atoms with Crippen LogP contribution < -0.4 is 5.32 Å². The van der Waals surface area contributed by atoms with Crippen molar-refractivity contribution in [3.8, 4) is 11.1 Å². The molecule has 0 aromatic heterocycles. The molecule has 0 radical (unpaired) electrons. The summed E-state index contributed by atoms with van der Waals surface area (Å²) in [6.45, 7) is 2.00. The van der Waals surface area contributed by atoms with Gasteiger partial charge >= 0.3 is 12.1 Å². The number of hydrogen-bond donors (Lipinski definition) is 2. The van der Waals surface area contributed by atoms with E-state index < -0.39 is 23.6 Å². The third kappa shape index (κ3) is 3.93. The first-order chi connectivity index (χ1) is 16.4. The van der Waals surface area contributed by atoms with Crippen molar-refractivity contribution in [1.82, 2.24) is 10.2 Å². The number of carbonyl (C=O) groups is 3. The molecule has 2 N–H and O–H groups in total. The maximum atomic E-state index is 13.1. The molecular formula is C27H30N2O5. The number of rotatable bonds is 7. The Labute approximate surface area is 199 Å². The van der Waals surface area contributed by atoms with E-state index in [1.54, 1.807) is 11.8 Å². The third-order valence-electron chi connectivity index (χ3n) is 7.70. The van der Waals surface area contributed by atoms with Crippen LogP contribution in [0.3, 0.4) is 0 Å². The van der Waals surface area contributed by atoms with Crippen LogP contribution in [-0.2, 0) is 14.3 Å². The summed E-state index contributed by atoms with van der Waals surface area (Å²) < 4.78 is 5.59. The fraction of sp³-hybridized carbons (Fsp3) is 0.444. The van der Waals surface area contributed by atoms with E-state index in [2.05, 4.69) is 29.6 Å². The van der Waals surface area contributed by atoms with E-state index in [1.807, 2.05) is 24.3 Å². The average Bonchev–Trinajstić information content (AvgIpc) is 3.44. The standard InChI is InChI=1S/C27H30N2O5/c1-17(14-24(30)29-18-10-12-27(29,13-11-18)15-25(31)32)28-26(33)34-16-23-21-8-4-2-6-19(21)20-7-3-5-9-22(20)23/h2-9,17-18,23H,10-16H2,1H3,(H,28,33)(H,31,32)/t17-,18?,27?/m1/s1. The van der Waals surface area contributed by atoms with Gasteiger partial charge in [-0.1, -0.05) is 48.5 Å². The number of carboxylic acids is 1. The number of aliphatic carboxylic acids is 1. The molecule has 2 heterocycles. The van der Waals surface area contributed by atoms with Gasteiger partial charge in [0.2, 0.25) is 5.91 Å². The van der Waals surface area contributed by atoms with Crippen LogP contribution in [0, 0.1) is 0 Å². The monoisotopic (exact) mass is 462 g/mol. The smallest absolute Gasteiger partial charge is 0.407 e. The van der Waals surface area contributed by atoms with Gasteiger partial charge in [0.25, 0.3) is 0 Å². The lowest BCUT2D eigenvalue weighted by Gasteiger charge is -2.34. The van der Waals surface area contributed by atoms with E-state index in [4.69, 9.17) is 4.74 Å². The number of carboxylic acid groups (broad SMARTS) is 1. The third-order valence-corrected chi connectivity index (χ3v) is 7.70. The highest BCUT2D eigenvalue weighted by Gasteiger charge is 2.54. The first kappa shape index (κ1) is 22.4. The van der Waals surface area contributed by atoms with Gasteiger partial charge < -0.3 is 20.1 Å². The highest BCUT2D eigenvalue weighted by Crippen LogP contribution is 2.49. The topological polar surface area (TPSA) is 95.9 Å². The Bertz CT molecular complexity index is 1080. The molecule has 7 heteroatoms. The zero-order valence-electron chi connectivity index (χ0n) is 19.3. The van der Waals surface area contributed by atoms with Gasteiger partial charge in [-0.15, -0.1) is 0 Å². The number of ether oxygens (including phenoxy) is 1. The van der Waals surface area contributed by atoms with E-state index in [1.165, 1.54) is 11.1 Å². The van der Waals surface area contributed by atoms with Gasteiger partial charge in [-0.05, 0) is 54.9 Å². The number of nitrogens with zero attached hydrogens (tertiary/aromatic N) is 1. The van der Waals surface area contributed by atoms with Gasteiger partial charge in [-0.2, -0.15) is 0 Å². The molecule has 34 heavy (non-hydrogen) atoms. The van der Waals surface area contributed by atoms with Gasteiger partial charge in [0.05, 0.1) is 12.0 Å². The predicted octanol–water partition coefficient (Wildman–Crippen LogP) is 4.30. The van der Waals surface area contributed by atoms with Crippen LogP contribution in [-0.4, -0.2) is 52.2 Å². The Morgan fingerprint density at radius 2 is 1.65 bits per heavy atom. The number of carbonyl (C=O) groups excluding carboxylic acids is 2. The Kier molecular flexibility index (Phi) is 5.80. The fourth-order valence-electron chi connectivity index (χ4n) is 6.29. The summed E-state index contributed by atoms with van der Waals surface area (Å²) in [4.78, 5) is 38.8. The van der Waals surface area contributed by atoms with Crippen molar-refractivity contribution in [1.29, 1.82) is 0 Å². The van der Waals surface area contributed by atoms with Crippen LogP contribution in [0.1, 0.15) is 62.5 Å². The summed E-state index contributed by atoms with van der Waals surface area (Å²) in [5.41, 5.74) is 4.07. The number of fused-ring (bicyclic) bond motifs is 5. The predicted molar refractivity (Wildman–Crippen MR) is 126 cm³/mol. The lowest BCUT2D eigenvalue weighted by Crippen LogP contribution is -2.48. The van der Waals surface area contributed by atoms with E-state index in [-0.39, 0.29) is 37.3 Å². The van der Waals surface area contributed by atoms with Crippen LogP contribution in [0.15, 0.2) is 48.5 Å². The average molecular weight is 463 g/mol. The fourth-order valence-corrected chi connectivity index (χ4v) is 6.29. The molecule has 2 amide bonds. The van der Waals surface area contributed by atoms with Crippen molar-refractivity contribution in [3.05, 3.63) is 59.7 Å². The Hall–Kier alpha value is -3.35. The van der Waals surface area contributed by atoms with Crippen LogP contribution in [0.25, 0.3) is 11.1 Å². The Morgan fingerprint density at radius 1 is 1.06 bits per heavy atom. The first-order valence-electron chi connectivity index (χ1n) is 12.0. The summed E-state index contributed by atoms with van der Waals surface area (Å²) >= 11 is 0. The molecule has 2 saturated heterocycles. The van der Waals surface area contributed by atoms with Crippen LogP contribution in [0.5, 0.6) is 0 Å². The van der Waals surface area contributed by atoms with Crippen LogP contribution in [0.4, 0.5) is 4.79 Å². The molecule has 0 unspecified atom stereocenters. The molecule has 1 atom stereocenters. The van der Waals surface area contributed by atoms with Gasteiger partial charge in [0, 0.05) is 24.4 Å². The van der Waals surface area contributed by atoms with E-state index in [0.29, 0.717) is 0 Å². The minimum atomic E-state index is -0.870. The van der Waals surface area contributed by atoms with Crippen molar-refractivity contribution in [2.24, 2.45) is 0 Å². The summed E-state index contributed by atoms with van der Waals surface area (Å²) in [7, 11) is 0. The van der Waals surface area contributed by atoms with E-state index in [9.17, 15) is 19.5 Å². The summed E-state index contributed by atoms with van der Waals surface area (Å²) in [6, 6.07) is 16.0. The summed E-state index contributed by atoms with van der Waals surface area (Å²) in [6.07, 6.45) is 2.76. The Morgan fingerprint density at radius 3 is 2.24 bits per heavy atom. The largest absolute Gasteiger partial charge is 0.481 e. The van der Waals surface area contributed by atoms with Crippen molar-refractivity contribution in [2.45, 2.75) is 69.0 Å². The summed E-state index contributed by atoms with van der Waals surface area (Å²) in [5.74, 6) is -0.982. The number of amides is 2. The van der Waals surface area contributed by atoms with Gasteiger partial charge in [0.1, 0.15) is 6.61 Å². The number of alkyl carbamates (subject to hydrolysis) is 1. The first-order valence-corrected chi connectivity index (χ1v) is 12.0. The van der Waals surface area contributed by atoms with Gasteiger partial charge in [-0.3, -0.25) is 9.59 Å². The van der Waals surface area contributed by atoms with Gasteiger partial charge in [0.15, 0.2) is 0 Å². The maximum absolute atomic E-state index is 13.1. The van der Waals surface area contributed by atoms with E-state index in [0.717, 1.165) is 36.8 Å². The molecule has 7 nitrogen and oxygen atoms in total. The lowest BCUT2D eigenvalue weighted by atomic mass is 9.85. The lowest BCUT2D eigenvalue weighted by molar-refractivity contribution is -0.143. The van der Waals surface area contributed by atoms with Crippen molar-refractivity contribution in [2.75, 3.05) is 6.61 Å². The molecule has 2 aromatic carbocycles. The SMILES string of the molecule is C[C@H](CC(=O)N1C2CCC1(CC(=O)O)CC2)NC(=O)OCC1c2ccccc2-c2ccccc21. The van der Waals surface area contributed by atoms with Crippen molar-refractivity contribution >= 4 is 18.0 Å². The van der Waals surface area contributed by atoms with Crippen molar-refractivity contribution < 1.29 is 24.2 Å². The van der Waals surface area contributed by atoms with Crippen LogP contribution >= 0.6 is 0 Å². The molecule has 2 aliphatic heterocycles. The second kappa shape index (κ2) is 8.78. The molecule has 1 aliphatic carbocycles. The minimum Gasteiger partial charge on any atom is -0.481 e. The second-order valence-corrected chi connectivity index (χ2v) is 9.86. The molecule has 2 aromatic rings. The molecule has 0 spiro atoms. The van der Waals surface area contributed by atoms with Crippen molar-refractivity contribution in [3.63, 3.8) is 0 Å². The number of hydrogen-bond acceptors (Lipinski definition) is 4. The maximum Gasteiger partial charge on any atom is 0.407 e. The Balaban J connectivity index is 1.18. The van der Waals surface area contributed by atoms with E-state index >= 15 is 0 Å². The number of benzene rings is 2. The summed E-state index contributed by atoms with van der Waals surface area (Å²) in [5, 5.41) is 12.1. The molecular weight excluding hydrogens is 432 g/mol. The highest BCUT2D eigenvalue weighted by atomic mass is 16.5. The van der Waals surface area contributed by atoms with Gasteiger partial charge in [-0.25, -0.2) is 4.79 Å². The zero-order valence-corrected chi connectivity index (χ0v) is 19.3. The van der Waals surface area contributed by atoms with Crippen LogP contribution in [0.2, 0.25) is 0 Å². The molecule has 0 saturated carbocycles. The molecule has 3 aliphatic rings. The normalized spacial score (nSPS) is 23.3. The molecule has 2 bridgehead atoms. The quantitative estimate of drug-likeness (QED) is 0.640. The minimum absolute atomic E-state index is 0.0105. The molecule has 178 valence electrons. The highest BCUT2D eigenvalue weighted by molar-refractivity contribution is 5.81.